The average Bonchev–Trinajstić information content (AvgIpc) is 3.30. The molecule has 0 atom stereocenters. The van der Waals surface area contributed by atoms with Gasteiger partial charge in [-0.05, 0) is 36.6 Å². The Morgan fingerprint density at radius 3 is 2.52 bits per heavy atom. The van der Waals surface area contributed by atoms with Gasteiger partial charge in [0.25, 0.3) is 0 Å². The van der Waals surface area contributed by atoms with Crippen molar-refractivity contribution in [3.05, 3.63) is 34.9 Å². The fourth-order valence-electron chi connectivity index (χ4n) is 2.79. The van der Waals surface area contributed by atoms with Crippen molar-refractivity contribution >= 4 is 29.3 Å². The molecular weight excluding hydrogens is 288 g/mol. The smallest absolute Gasteiger partial charge is 0.328 e. The van der Waals surface area contributed by atoms with E-state index in [2.05, 4.69) is 9.80 Å². The summed E-state index contributed by atoms with van der Waals surface area (Å²) >= 11 is 6.24. The SMILES string of the molecule is O=C(O)/C=C/c1ccc(N2CCN(C3CC3)CC2)cc1Cl. The van der Waals surface area contributed by atoms with E-state index >= 15 is 0 Å². The number of halogens is 1. The Hall–Kier alpha value is -1.52. The molecule has 0 aromatic heterocycles. The van der Waals surface area contributed by atoms with Gasteiger partial charge in [0, 0.05) is 49.0 Å². The summed E-state index contributed by atoms with van der Waals surface area (Å²) in [5.74, 6) is -0.966. The fourth-order valence-corrected chi connectivity index (χ4v) is 3.03. The van der Waals surface area contributed by atoms with Crippen LogP contribution in [-0.2, 0) is 4.79 Å². The summed E-state index contributed by atoms with van der Waals surface area (Å²) in [5, 5.41) is 9.25. The first-order valence-corrected chi connectivity index (χ1v) is 7.71. The Morgan fingerprint density at radius 1 is 1.24 bits per heavy atom. The molecule has 1 heterocycles. The topological polar surface area (TPSA) is 43.8 Å². The van der Waals surface area contributed by atoms with E-state index in [1.54, 1.807) is 0 Å². The zero-order valence-electron chi connectivity index (χ0n) is 11.8. The summed E-state index contributed by atoms with van der Waals surface area (Å²) < 4.78 is 0. The number of nitrogens with zero attached hydrogens (tertiary/aromatic N) is 2. The predicted molar refractivity (Wildman–Crippen MR) is 84.9 cm³/mol. The number of hydrogen-bond donors (Lipinski definition) is 1. The molecular formula is C16H19ClN2O2. The van der Waals surface area contributed by atoms with Gasteiger partial charge in [-0.2, -0.15) is 0 Å². The summed E-state index contributed by atoms with van der Waals surface area (Å²) in [7, 11) is 0. The van der Waals surface area contributed by atoms with Crippen molar-refractivity contribution in [3.8, 4) is 0 Å². The van der Waals surface area contributed by atoms with Crippen molar-refractivity contribution in [1.29, 1.82) is 0 Å². The lowest BCUT2D eigenvalue weighted by molar-refractivity contribution is -0.131. The Balaban J connectivity index is 1.66. The maximum Gasteiger partial charge on any atom is 0.328 e. The van der Waals surface area contributed by atoms with Gasteiger partial charge in [-0.1, -0.05) is 17.7 Å². The van der Waals surface area contributed by atoms with Crippen molar-refractivity contribution in [2.45, 2.75) is 18.9 Å². The van der Waals surface area contributed by atoms with Gasteiger partial charge in [0.15, 0.2) is 0 Å². The average molecular weight is 307 g/mol. The van der Waals surface area contributed by atoms with Gasteiger partial charge in [-0.15, -0.1) is 0 Å². The summed E-state index contributed by atoms with van der Waals surface area (Å²) in [5.41, 5.74) is 1.85. The van der Waals surface area contributed by atoms with E-state index in [4.69, 9.17) is 16.7 Å². The molecule has 0 radical (unpaired) electrons. The second-order valence-electron chi connectivity index (χ2n) is 5.63. The molecule has 4 nitrogen and oxygen atoms in total. The molecule has 0 amide bonds. The van der Waals surface area contributed by atoms with Crippen LogP contribution in [0.2, 0.25) is 5.02 Å². The van der Waals surface area contributed by atoms with E-state index in [0.717, 1.165) is 49.5 Å². The Morgan fingerprint density at radius 2 is 1.95 bits per heavy atom. The Labute approximate surface area is 129 Å². The molecule has 0 unspecified atom stereocenters. The third-order valence-electron chi connectivity index (χ3n) is 4.13. The number of anilines is 1. The molecule has 1 N–H and O–H groups in total. The first-order valence-electron chi connectivity index (χ1n) is 7.33. The van der Waals surface area contributed by atoms with Crippen LogP contribution in [0, 0.1) is 0 Å². The molecule has 1 aliphatic carbocycles. The molecule has 0 bridgehead atoms. The Kier molecular flexibility index (Phi) is 4.17. The molecule has 21 heavy (non-hydrogen) atoms. The number of carbonyl (C=O) groups is 1. The highest BCUT2D eigenvalue weighted by atomic mass is 35.5. The molecule has 1 saturated carbocycles. The second-order valence-corrected chi connectivity index (χ2v) is 6.04. The molecule has 0 spiro atoms. The first kappa shape index (κ1) is 14.4. The van der Waals surface area contributed by atoms with Gasteiger partial charge in [0.1, 0.15) is 0 Å². The van der Waals surface area contributed by atoms with E-state index in [-0.39, 0.29) is 0 Å². The van der Waals surface area contributed by atoms with Crippen LogP contribution in [0.1, 0.15) is 18.4 Å². The largest absolute Gasteiger partial charge is 0.478 e. The quantitative estimate of drug-likeness (QED) is 0.869. The van der Waals surface area contributed by atoms with E-state index in [0.29, 0.717) is 5.02 Å². The number of rotatable bonds is 4. The molecule has 2 fully saturated rings. The minimum Gasteiger partial charge on any atom is -0.478 e. The molecule has 2 aliphatic rings. The van der Waals surface area contributed by atoms with Crippen molar-refractivity contribution in [3.63, 3.8) is 0 Å². The Bertz CT molecular complexity index is 561. The van der Waals surface area contributed by atoms with Crippen molar-refractivity contribution in [1.82, 2.24) is 4.90 Å². The molecule has 1 aromatic carbocycles. The molecule has 112 valence electrons. The van der Waals surface area contributed by atoms with E-state index in [1.165, 1.54) is 18.9 Å². The fraction of sp³-hybridized carbons (Fsp3) is 0.438. The zero-order valence-corrected chi connectivity index (χ0v) is 12.6. The van der Waals surface area contributed by atoms with Gasteiger partial charge in [0.05, 0.1) is 0 Å². The molecule has 5 heteroatoms. The van der Waals surface area contributed by atoms with E-state index in [9.17, 15) is 4.79 Å². The van der Waals surface area contributed by atoms with Gasteiger partial charge in [-0.25, -0.2) is 4.79 Å². The molecule has 1 aliphatic heterocycles. The van der Waals surface area contributed by atoms with Gasteiger partial charge in [-0.3, -0.25) is 4.90 Å². The summed E-state index contributed by atoms with van der Waals surface area (Å²) in [6, 6.07) is 6.65. The van der Waals surface area contributed by atoms with Gasteiger partial charge in [0.2, 0.25) is 0 Å². The van der Waals surface area contributed by atoms with Crippen LogP contribution < -0.4 is 4.90 Å². The lowest BCUT2D eigenvalue weighted by Gasteiger charge is -2.36. The predicted octanol–water partition coefficient (Wildman–Crippen LogP) is 2.72. The number of hydrogen-bond acceptors (Lipinski definition) is 3. The van der Waals surface area contributed by atoms with Gasteiger partial charge < -0.3 is 10.0 Å². The maximum atomic E-state index is 10.5. The summed E-state index contributed by atoms with van der Waals surface area (Å²) in [6.45, 7) is 4.28. The number of benzene rings is 1. The monoisotopic (exact) mass is 306 g/mol. The summed E-state index contributed by atoms with van der Waals surface area (Å²) in [4.78, 5) is 15.5. The van der Waals surface area contributed by atoms with Crippen LogP contribution in [0.3, 0.4) is 0 Å². The lowest BCUT2D eigenvalue weighted by Crippen LogP contribution is -2.47. The minimum absolute atomic E-state index is 0.592. The van der Waals surface area contributed by atoms with Crippen LogP contribution in [-0.4, -0.2) is 48.2 Å². The van der Waals surface area contributed by atoms with Crippen LogP contribution in [0.4, 0.5) is 5.69 Å². The summed E-state index contributed by atoms with van der Waals surface area (Å²) in [6.07, 6.45) is 5.35. The number of carboxylic acids is 1. The maximum absolute atomic E-state index is 10.5. The standard InChI is InChI=1S/C16H19ClN2O2/c17-15-11-14(3-1-12(15)2-6-16(20)21)19-9-7-18(8-10-19)13-4-5-13/h1-3,6,11,13H,4-5,7-10H2,(H,20,21)/b6-2+. The van der Waals surface area contributed by atoms with Gasteiger partial charge >= 0.3 is 5.97 Å². The second kappa shape index (κ2) is 6.08. The molecule has 1 saturated heterocycles. The van der Waals surface area contributed by atoms with Crippen LogP contribution in [0.15, 0.2) is 24.3 Å². The third-order valence-corrected chi connectivity index (χ3v) is 4.46. The van der Waals surface area contributed by atoms with Crippen molar-refractivity contribution < 1.29 is 9.90 Å². The third kappa shape index (κ3) is 3.57. The number of carboxylic acid groups (broad SMARTS) is 1. The van der Waals surface area contributed by atoms with Crippen molar-refractivity contribution in [2.75, 3.05) is 31.1 Å². The van der Waals surface area contributed by atoms with E-state index in [1.807, 2.05) is 18.2 Å². The number of piperazine rings is 1. The first-order chi connectivity index (χ1) is 10.1. The normalized spacial score (nSPS) is 20.1. The highest BCUT2D eigenvalue weighted by Gasteiger charge is 2.31. The van der Waals surface area contributed by atoms with Crippen molar-refractivity contribution in [2.24, 2.45) is 0 Å². The van der Waals surface area contributed by atoms with E-state index < -0.39 is 5.97 Å². The molecule has 3 rings (SSSR count). The van der Waals surface area contributed by atoms with Crippen LogP contribution in [0.25, 0.3) is 6.08 Å². The highest BCUT2D eigenvalue weighted by molar-refractivity contribution is 6.32. The minimum atomic E-state index is -0.966. The molecule has 1 aromatic rings. The van der Waals surface area contributed by atoms with Crippen LogP contribution in [0.5, 0.6) is 0 Å². The number of aliphatic carboxylic acids is 1. The van der Waals surface area contributed by atoms with Crippen LogP contribution >= 0.6 is 11.6 Å². The zero-order chi connectivity index (χ0) is 14.8. The lowest BCUT2D eigenvalue weighted by atomic mass is 10.1. The highest BCUT2D eigenvalue weighted by Crippen LogP contribution is 2.30.